The summed E-state index contributed by atoms with van der Waals surface area (Å²) in [5.74, 6) is 0.594. The van der Waals surface area contributed by atoms with Crippen molar-refractivity contribution in [2.75, 3.05) is 12.9 Å². The van der Waals surface area contributed by atoms with E-state index in [9.17, 15) is 4.79 Å². The lowest BCUT2D eigenvalue weighted by molar-refractivity contribution is -0.137. The van der Waals surface area contributed by atoms with E-state index in [1.54, 1.807) is 7.11 Å². The molecule has 0 bridgehead atoms. The minimum absolute atomic E-state index is 0.255. The highest BCUT2D eigenvalue weighted by molar-refractivity contribution is 7.98. The van der Waals surface area contributed by atoms with E-state index in [0.717, 1.165) is 11.3 Å². The fraction of sp³-hybridized carbons (Fsp3) is 0.364. The van der Waals surface area contributed by atoms with Gasteiger partial charge in [0, 0.05) is 16.4 Å². The van der Waals surface area contributed by atoms with Crippen LogP contribution in [0.4, 0.5) is 0 Å². The summed E-state index contributed by atoms with van der Waals surface area (Å²) in [4.78, 5) is 13.2. The molecule has 0 heterocycles. The van der Waals surface area contributed by atoms with Gasteiger partial charge in [0.05, 0.1) is 7.11 Å². The summed E-state index contributed by atoms with van der Waals surface area (Å²) in [6.07, 6.45) is 0. The molecule has 0 aromatic heterocycles. The van der Waals surface area contributed by atoms with E-state index in [1.165, 1.54) is 11.8 Å². The zero-order valence-electron chi connectivity index (χ0n) is 9.81. The first kappa shape index (κ1) is 14.2. The van der Waals surface area contributed by atoms with Crippen molar-refractivity contribution in [1.29, 1.82) is 0 Å². The van der Waals surface area contributed by atoms with Crippen LogP contribution in [0.1, 0.15) is 5.56 Å². The molecular formula is C11H13N3O3S. The lowest BCUT2D eigenvalue weighted by Crippen LogP contribution is -2.19. The van der Waals surface area contributed by atoms with E-state index in [2.05, 4.69) is 10.0 Å². The van der Waals surface area contributed by atoms with Gasteiger partial charge in [-0.1, -0.05) is 17.2 Å². The summed E-state index contributed by atoms with van der Waals surface area (Å²) < 4.78 is 5.04. The van der Waals surface area contributed by atoms with Crippen molar-refractivity contribution in [3.63, 3.8) is 0 Å². The number of hydrogen-bond donors (Lipinski definition) is 1. The summed E-state index contributed by atoms with van der Waals surface area (Å²) in [6.45, 7) is 0. The summed E-state index contributed by atoms with van der Waals surface area (Å²) >= 11 is 1.41. The number of nitrogens with zero attached hydrogens (tertiary/aromatic N) is 3. The maximum absolute atomic E-state index is 10.7. The molecule has 1 aromatic carbocycles. The Bertz CT molecular complexity index is 441. The van der Waals surface area contributed by atoms with Crippen molar-refractivity contribution in [2.24, 2.45) is 5.11 Å². The third-order valence-electron chi connectivity index (χ3n) is 2.18. The van der Waals surface area contributed by atoms with E-state index in [-0.39, 0.29) is 5.75 Å². The first-order chi connectivity index (χ1) is 8.67. The molecule has 0 amide bonds. The second kappa shape index (κ2) is 7.47. The zero-order chi connectivity index (χ0) is 13.4. The molecule has 0 radical (unpaired) electrons. The number of aliphatic carboxylic acids is 1. The van der Waals surface area contributed by atoms with Gasteiger partial charge in [-0.05, 0) is 23.2 Å². The average molecular weight is 267 g/mol. The summed E-state index contributed by atoms with van der Waals surface area (Å²) in [5.41, 5.74) is 9.29. The molecule has 0 saturated carbocycles. The Hall–Kier alpha value is -1.85. The molecule has 0 aliphatic rings. The van der Waals surface area contributed by atoms with Gasteiger partial charge in [0.2, 0.25) is 0 Å². The van der Waals surface area contributed by atoms with Gasteiger partial charge in [0.25, 0.3) is 0 Å². The Morgan fingerprint density at radius 1 is 1.56 bits per heavy atom. The Balaban J connectivity index is 2.44. The van der Waals surface area contributed by atoms with Gasteiger partial charge >= 0.3 is 5.97 Å². The minimum Gasteiger partial charge on any atom is -0.497 e. The van der Waals surface area contributed by atoms with E-state index in [4.69, 9.17) is 15.4 Å². The van der Waals surface area contributed by atoms with Crippen LogP contribution in [0.3, 0.4) is 0 Å². The van der Waals surface area contributed by atoms with Gasteiger partial charge in [0.1, 0.15) is 11.8 Å². The number of benzene rings is 1. The lowest BCUT2D eigenvalue weighted by Gasteiger charge is -2.06. The van der Waals surface area contributed by atoms with Crippen LogP contribution in [-0.4, -0.2) is 30.0 Å². The number of carbonyl (C=O) groups is 1. The molecule has 1 atom stereocenters. The van der Waals surface area contributed by atoms with E-state index < -0.39 is 12.0 Å². The Morgan fingerprint density at radius 3 is 2.72 bits per heavy atom. The fourth-order valence-electron chi connectivity index (χ4n) is 1.23. The molecule has 1 aromatic rings. The number of carboxylic acids is 1. The number of rotatable bonds is 7. The van der Waals surface area contributed by atoms with Crippen molar-refractivity contribution in [3.8, 4) is 5.75 Å². The van der Waals surface area contributed by atoms with Crippen LogP contribution in [-0.2, 0) is 10.5 Å². The quantitative estimate of drug-likeness (QED) is 0.466. The van der Waals surface area contributed by atoms with Crippen LogP contribution in [0.25, 0.3) is 10.4 Å². The molecule has 1 N–H and O–H groups in total. The summed E-state index contributed by atoms with van der Waals surface area (Å²) in [5, 5.41) is 12.0. The minimum atomic E-state index is -1.10. The smallest absolute Gasteiger partial charge is 0.313 e. The van der Waals surface area contributed by atoms with Gasteiger partial charge in [-0.2, -0.15) is 11.8 Å². The first-order valence-electron chi connectivity index (χ1n) is 5.15. The van der Waals surface area contributed by atoms with Gasteiger partial charge in [-0.3, -0.25) is 4.79 Å². The number of carboxylic acid groups (broad SMARTS) is 1. The predicted molar refractivity (Wildman–Crippen MR) is 69.7 cm³/mol. The molecule has 0 aliphatic heterocycles. The number of thioether (sulfide) groups is 1. The molecule has 18 heavy (non-hydrogen) atoms. The number of methoxy groups -OCH3 is 1. The van der Waals surface area contributed by atoms with Crippen molar-refractivity contribution in [3.05, 3.63) is 40.3 Å². The highest BCUT2D eigenvalue weighted by atomic mass is 32.2. The van der Waals surface area contributed by atoms with Gasteiger partial charge in [0.15, 0.2) is 0 Å². The summed E-state index contributed by atoms with van der Waals surface area (Å²) in [6, 6.07) is 6.50. The van der Waals surface area contributed by atoms with Crippen LogP contribution in [0.2, 0.25) is 0 Å². The molecule has 0 spiro atoms. The Kier molecular flexibility index (Phi) is 5.90. The zero-order valence-corrected chi connectivity index (χ0v) is 10.6. The van der Waals surface area contributed by atoms with Crippen LogP contribution in [0, 0.1) is 0 Å². The maximum atomic E-state index is 10.7. The molecule has 1 rings (SSSR count). The Morgan fingerprint density at radius 2 is 2.22 bits per heavy atom. The molecule has 96 valence electrons. The second-order valence-electron chi connectivity index (χ2n) is 3.42. The van der Waals surface area contributed by atoms with E-state index >= 15 is 0 Å². The fourth-order valence-corrected chi connectivity index (χ4v) is 2.21. The highest BCUT2D eigenvalue weighted by Crippen LogP contribution is 2.17. The van der Waals surface area contributed by atoms with Crippen molar-refractivity contribution in [1.82, 2.24) is 0 Å². The second-order valence-corrected chi connectivity index (χ2v) is 4.45. The topological polar surface area (TPSA) is 95.3 Å². The maximum Gasteiger partial charge on any atom is 0.313 e. The molecule has 0 saturated heterocycles. The number of hydrogen-bond acceptors (Lipinski definition) is 4. The lowest BCUT2D eigenvalue weighted by atomic mass is 10.2. The first-order valence-corrected chi connectivity index (χ1v) is 6.30. The molecular weight excluding hydrogens is 254 g/mol. The highest BCUT2D eigenvalue weighted by Gasteiger charge is 2.14. The van der Waals surface area contributed by atoms with E-state index in [1.807, 2.05) is 24.3 Å². The van der Waals surface area contributed by atoms with Crippen LogP contribution in [0.5, 0.6) is 5.75 Å². The van der Waals surface area contributed by atoms with Gasteiger partial charge in [-0.15, -0.1) is 0 Å². The van der Waals surface area contributed by atoms with Crippen molar-refractivity contribution in [2.45, 2.75) is 11.8 Å². The van der Waals surface area contributed by atoms with Gasteiger partial charge < -0.3 is 9.84 Å². The Labute approximate surface area is 109 Å². The predicted octanol–water partition coefficient (Wildman–Crippen LogP) is 2.69. The molecule has 7 heteroatoms. The van der Waals surface area contributed by atoms with E-state index in [0.29, 0.717) is 5.75 Å². The molecule has 0 fully saturated rings. The third-order valence-corrected chi connectivity index (χ3v) is 3.27. The van der Waals surface area contributed by atoms with Crippen LogP contribution in [0.15, 0.2) is 29.4 Å². The van der Waals surface area contributed by atoms with Crippen molar-refractivity contribution < 1.29 is 14.6 Å². The SMILES string of the molecule is COc1ccc(CSC[C@H](N=[N+]=[N-])C(=O)O)cc1. The normalized spacial score (nSPS) is 11.4. The molecule has 0 unspecified atom stereocenters. The summed E-state index contributed by atoms with van der Waals surface area (Å²) in [7, 11) is 1.60. The van der Waals surface area contributed by atoms with Crippen LogP contribution < -0.4 is 4.74 Å². The van der Waals surface area contributed by atoms with Crippen LogP contribution >= 0.6 is 11.8 Å². The third kappa shape index (κ3) is 4.57. The number of azide groups is 1. The van der Waals surface area contributed by atoms with Gasteiger partial charge in [-0.25, -0.2) is 0 Å². The van der Waals surface area contributed by atoms with Crippen molar-refractivity contribution >= 4 is 17.7 Å². The number of ether oxygens (including phenoxy) is 1. The average Bonchev–Trinajstić information content (AvgIpc) is 2.38. The monoisotopic (exact) mass is 267 g/mol. The standard InChI is InChI=1S/C11H13N3O3S/c1-17-9-4-2-8(3-5-9)6-18-7-10(11(15)16)13-14-12/h2-5,10H,6-7H2,1H3,(H,15,16)/t10-/m0/s1. The largest absolute Gasteiger partial charge is 0.497 e. The molecule has 6 nitrogen and oxygen atoms in total. The molecule has 0 aliphatic carbocycles.